The highest BCUT2D eigenvalue weighted by atomic mass is 14.1. The van der Waals surface area contributed by atoms with Crippen molar-refractivity contribution >= 4 is 0 Å². The third kappa shape index (κ3) is 18.1. The van der Waals surface area contributed by atoms with Crippen LogP contribution in [0.4, 0.5) is 0 Å². The third-order valence-corrected chi connectivity index (χ3v) is 5.53. The van der Waals surface area contributed by atoms with Gasteiger partial charge in [-0.05, 0) is 31.6 Å². The molecule has 0 rings (SSSR count). The number of hydrogen-bond donors (Lipinski definition) is 0. The summed E-state index contributed by atoms with van der Waals surface area (Å²) in [6.45, 7) is 6.98. The van der Waals surface area contributed by atoms with Gasteiger partial charge in [-0.3, -0.25) is 0 Å². The van der Waals surface area contributed by atoms with Crippen LogP contribution < -0.4 is 0 Å². The van der Waals surface area contributed by atoms with Gasteiger partial charge in [0.1, 0.15) is 0 Å². The van der Waals surface area contributed by atoms with Gasteiger partial charge in [-0.25, -0.2) is 0 Å². The van der Waals surface area contributed by atoms with Crippen molar-refractivity contribution in [3.63, 3.8) is 0 Å². The second kappa shape index (κ2) is 20.8. The van der Waals surface area contributed by atoms with Gasteiger partial charge in [-0.2, -0.15) is 0 Å². The molecular weight excluding hydrogens is 288 g/mol. The summed E-state index contributed by atoms with van der Waals surface area (Å²) in [5.74, 6) is 0.994. The minimum Gasteiger partial charge on any atom is -0.0885 e. The molecular formula is C24H48. The lowest BCUT2D eigenvalue weighted by Gasteiger charge is -2.11. The van der Waals surface area contributed by atoms with Crippen molar-refractivity contribution in [2.24, 2.45) is 5.92 Å². The van der Waals surface area contributed by atoms with E-state index in [2.05, 4.69) is 32.9 Å². The first kappa shape index (κ1) is 23.7. The molecule has 0 fully saturated rings. The van der Waals surface area contributed by atoms with Crippen molar-refractivity contribution in [1.29, 1.82) is 0 Å². The van der Waals surface area contributed by atoms with Crippen LogP contribution in [0.3, 0.4) is 0 Å². The zero-order valence-corrected chi connectivity index (χ0v) is 17.5. The van der Waals surface area contributed by atoms with Crippen LogP contribution in [0, 0.1) is 5.92 Å². The zero-order chi connectivity index (χ0) is 17.7. The molecule has 0 aromatic heterocycles. The average Bonchev–Trinajstić information content (AvgIpc) is 2.61. The van der Waals surface area contributed by atoms with Crippen LogP contribution in [-0.4, -0.2) is 0 Å². The summed E-state index contributed by atoms with van der Waals surface area (Å²) in [5, 5.41) is 0. The second-order valence-electron chi connectivity index (χ2n) is 7.76. The fourth-order valence-corrected chi connectivity index (χ4v) is 3.55. The van der Waals surface area contributed by atoms with Gasteiger partial charge in [0.2, 0.25) is 0 Å². The van der Waals surface area contributed by atoms with E-state index in [1.165, 1.54) is 116 Å². The predicted molar refractivity (Wildman–Crippen MR) is 113 cm³/mol. The van der Waals surface area contributed by atoms with E-state index in [0.717, 1.165) is 5.92 Å². The third-order valence-electron chi connectivity index (χ3n) is 5.53. The smallest absolute Gasteiger partial charge is 0.0351 e. The van der Waals surface area contributed by atoms with Crippen LogP contribution in [0.5, 0.6) is 0 Å². The maximum absolute atomic E-state index is 2.43. The number of unbranched alkanes of at least 4 members (excludes halogenated alkanes) is 13. The highest BCUT2D eigenvalue weighted by molar-refractivity contribution is 4.81. The van der Waals surface area contributed by atoms with Crippen LogP contribution >= 0.6 is 0 Å². The Balaban J connectivity index is 3.13. The monoisotopic (exact) mass is 336 g/mol. The van der Waals surface area contributed by atoms with Crippen molar-refractivity contribution < 1.29 is 0 Å². The molecule has 0 bridgehead atoms. The topological polar surface area (TPSA) is 0 Å². The Bertz CT molecular complexity index is 236. The van der Waals surface area contributed by atoms with E-state index in [9.17, 15) is 0 Å². The van der Waals surface area contributed by atoms with E-state index >= 15 is 0 Å². The van der Waals surface area contributed by atoms with Gasteiger partial charge in [0.05, 0.1) is 0 Å². The standard InChI is InChI=1S/C24H48/c1-4-7-8-9-10-11-12-13-14-15-16-17-18-19-20-21-22-23-24(5-2)6-3/h13-14,24H,4-12,15-23H2,1-3H3/b14-13+. The molecule has 0 aliphatic carbocycles. The molecule has 0 amide bonds. The maximum atomic E-state index is 2.43. The van der Waals surface area contributed by atoms with E-state index in [4.69, 9.17) is 0 Å². The Morgan fingerprint density at radius 3 is 1.38 bits per heavy atom. The molecule has 0 aliphatic rings. The van der Waals surface area contributed by atoms with Crippen LogP contribution in [0.2, 0.25) is 0 Å². The first-order valence-corrected chi connectivity index (χ1v) is 11.5. The molecule has 0 nitrogen and oxygen atoms in total. The molecule has 0 unspecified atom stereocenters. The quantitative estimate of drug-likeness (QED) is 0.163. The molecule has 0 atom stereocenters. The van der Waals surface area contributed by atoms with Crippen molar-refractivity contribution in [2.45, 2.75) is 136 Å². The summed E-state index contributed by atoms with van der Waals surface area (Å²) in [4.78, 5) is 0. The summed E-state index contributed by atoms with van der Waals surface area (Å²) in [5.41, 5.74) is 0. The largest absolute Gasteiger partial charge is 0.0885 e. The van der Waals surface area contributed by atoms with Crippen molar-refractivity contribution in [3.8, 4) is 0 Å². The molecule has 0 spiro atoms. The van der Waals surface area contributed by atoms with Crippen LogP contribution in [0.25, 0.3) is 0 Å². The van der Waals surface area contributed by atoms with Gasteiger partial charge in [-0.1, -0.05) is 123 Å². The average molecular weight is 337 g/mol. The van der Waals surface area contributed by atoms with E-state index in [1.807, 2.05) is 0 Å². The molecule has 0 saturated carbocycles. The molecule has 24 heavy (non-hydrogen) atoms. The number of rotatable bonds is 19. The Morgan fingerprint density at radius 1 is 0.500 bits per heavy atom. The first-order valence-electron chi connectivity index (χ1n) is 11.5. The maximum Gasteiger partial charge on any atom is -0.0351 e. The van der Waals surface area contributed by atoms with E-state index < -0.39 is 0 Å². The van der Waals surface area contributed by atoms with Gasteiger partial charge >= 0.3 is 0 Å². The lowest BCUT2D eigenvalue weighted by atomic mass is 9.95. The molecule has 0 aromatic rings. The highest BCUT2D eigenvalue weighted by Crippen LogP contribution is 2.18. The molecule has 0 heterocycles. The van der Waals surface area contributed by atoms with E-state index in [1.54, 1.807) is 0 Å². The fourth-order valence-electron chi connectivity index (χ4n) is 3.55. The molecule has 0 aliphatic heterocycles. The molecule has 0 N–H and O–H groups in total. The van der Waals surface area contributed by atoms with E-state index in [0.29, 0.717) is 0 Å². The zero-order valence-electron chi connectivity index (χ0n) is 17.5. The normalized spacial score (nSPS) is 11.8. The molecule has 0 radical (unpaired) electrons. The summed E-state index contributed by atoms with van der Waals surface area (Å²) in [6.07, 6.45) is 30.4. The summed E-state index contributed by atoms with van der Waals surface area (Å²) < 4.78 is 0. The second-order valence-corrected chi connectivity index (χ2v) is 7.76. The molecule has 144 valence electrons. The van der Waals surface area contributed by atoms with Gasteiger partial charge in [0.25, 0.3) is 0 Å². The highest BCUT2D eigenvalue weighted by Gasteiger charge is 2.02. The van der Waals surface area contributed by atoms with Crippen LogP contribution in [-0.2, 0) is 0 Å². The molecule has 0 aromatic carbocycles. The Morgan fingerprint density at radius 2 is 0.917 bits per heavy atom. The SMILES string of the molecule is CCCCCCCC/C=C/CCCCCCCCCC(CC)CC. The minimum absolute atomic E-state index is 0.994. The van der Waals surface area contributed by atoms with Crippen molar-refractivity contribution in [1.82, 2.24) is 0 Å². The number of allylic oxidation sites excluding steroid dienone is 2. The van der Waals surface area contributed by atoms with Crippen LogP contribution in [0.15, 0.2) is 12.2 Å². The fraction of sp³-hybridized carbons (Fsp3) is 0.917. The first-order chi connectivity index (χ1) is 11.8. The molecule has 0 saturated heterocycles. The summed E-state index contributed by atoms with van der Waals surface area (Å²) >= 11 is 0. The summed E-state index contributed by atoms with van der Waals surface area (Å²) in [6, 6.07) is 0. The van der Waals surface area contributed by atoms with Gasteiger partial charge in [0.15, 0.2) is 0 Å². The Hall–Kier alpha value is -0.260. The Labute approximate surface area is 154 Å². The molecule has 0 heteroatoms. The number of hydrogen-bond acceptors (Lipinski definition) is 0. The lowest BCUT2D eigenvalue weighted by molar-refractivity contribution is 0.426. The van der Waals surface area contributed by atoms with Gasteiger partial charge in [0, 0.05) is 0 Å². The van der Waals surface area contributed by atoms with Gasteiger partial charge < -0.3 is 0 Å². The summed E-state index contributed by atoms with van der Waals surface area (Å²) in [7, 11) is 0. The van der Waals surface area contributed by atoms with Gasteiger partial charge in [-0.15, -0.1) is 0 Å². The van der Waals surface area contributed by atoms with Crippen LogP contribution in [0.1, 0.15) is 136 Å². The minimum atomic E-state index is 0.994. The van der Waals surface area contributed by atoms with Crippen molar-refractivity contribution in [3.05, 3.63) is 12.2 Å². The van der Waals surface area contributed by atoms with Crippen molar-refractivity contribution in [2.75, 3.05) is 0 Å². The Kier molecular flexibility index (Phi) is 20.6. The lowest BCUT2D eigenvalue weighted by Crippen LogP contribution is -1.96. The van der Waals surface area contributed by atoms with E-state index in [-0.39, 0.29) is 0 Å². The predicted octanol–water partition coefficient (Wildman–Crippen LogP) is 9.24.